The summed E-state index contributed by atoms with van der Waals surface area (Å²) in [6.07, 6.45) is 4.68. The van der Waals surface area contributed by atoms with E-state index in [-0.39, 0.29) is 82.5 Å². The molecule has 2 saturated carbocycles. The second-order valence-corrected chi connectivity index (χ2v) is 23.7. The number of rotatable bonds is 28. The molecule has 0 N–H and O–H groups in total. The molecular formula is C64H68N2O20S2. The van der Waals surface area contributed by atoms with E-state index in [1.165, 1.54) is 0 Å². The van der Waals surface area contributed by atoms with E-state index in [4.69, 9.17) is 53.9 Å². The predicted molar refractivity (Wildman–Crippen MR) is 314 cm³/mol. The predicted octanol–water partition coefficient (Wildman–Crippen LogP) is 9.71. The Balaban J connectivity index is 0.961. The summed E-state index contributed by atoms with van der Waals surface area (Å²) >= 11 is 2.16. The highest BCUT2D eigenvalue weighted by atomic mass is 32.2. The Bertz CT molecular complexity index is 3190. The third kappa shape index (κ3) is 21.3. The molecule has 0 aromatic heterocycles. The highest BCUT2D eigenvalue weighted by Crippen LogP contribution is 2.61. The molecule has 22 nitrogen and oxygen atoms in total. The summed E-state index contributed by atoms with van der Waals surface area (Å²) in [4.78, 5) is 129. The summed E-state index contributed by atoms with van der Waals surface area (Å²) in [5.74, 6) is -6.76. The van der Waals surface area contributed by atoms with Crippen LogP contribution in [0.2, 0.25) is 0 Å². The van der Waals surface area contributed by atoms with Crippen LogP contribution in [0.25, 0.3) is 4.85 Å². The molecule has 88 heavy (non-hydrogen) atoms. The molecule has 1 heterocycles. The number of hydrogen-bond donors (Lipinski definition) is 0. The van der Waals surface area contributed by atoms with E-state index in [9.17, 15) is 53.2 Å². The Kier molecular flexibility index (Phi) is 26.4. The highest BCUT2D eigenvalue weighted by Gasteiger charge is 2.39. The molecule has 2 fully saturated rings. The van der Waals surface area contributed by atoms with Gasteiger partial charge in [-0.15, -0.1) is 0 Å². The van der Waals surface area contributed by atoms with Crippen LogP contribution in [0.4, 0.5) is 0 Å². The smallest absolute Gasteiger partial charge is 0.330 e. The van der Waals surface area contributed by atoms with E-state index in [1.807, 2.05) is 26.8 Å². The van der Waals surface area contributed by atoms with Crippen LogP contribution in [-0.2, 0) is 94.6 Å². The Hall–Kier alpha value is -8.74. The fourth-order valence-electron chi connectivity index (χ4n) is 9.27. The molecule has 0 bridgehead atoms. The van der Waals surface area contributed by atoms with Crippen molar-refractivity contribution in [3.8, 4) is 29.1 Å². The van der Waals surface area contributed by atoms with Crippen molar-refractivity contribution < 1.29 is 95.3 Å². The number of fused-ring (bicyclic) bond motifs is 1. The topological polar surface area (TPSA) is 291 Å². The minimum atomic E-state index is -0.678. The van der Waals surface area contributed by atoms with Gasteiger partial charge in [-0.3, -0.25) is 38.4 Å². The van der Waals surface area contributed by atoms with Crippen LogP contribution in [0.5, 0.6) is 23.0 Å². The van der Waals surface area contributed by atoms with Crippen molar-refractivity contribution in [3.63, 3.8) is 0 Å². The van der Waals surface area contributed by atoms with Crippen LogP contribution in [-0.4, -0.2) is 99.3 Å². The van der Waals surface area contributed by atoms with Gasteiger partial charge in [-0.05, 0) is 98.2 Å². The van der Waals surface area contributed by atoms with E-state index in [2.05, 4.69) is 18.0 Å². The van der Waals surface area contributed by atoms with Gasteiger partial charge in [-0.2, -0.15) is 0 Å². The number of benzene rings is 3. The van der Waals surface area contributed by atoms with Gasteiger partial charge in [0.2, 0.25) is 0 Å². The Morgan fingerprint density at radius 2 is 0.886 bits per heavy atom. The number of ether oxygens (including phenoxy) is 10. The van der Waals surface area contributed by atoms with Crippen molar-refractivity contribution in [2.75, 3.05) is 39.6 Å². The molecular weight excluding hydrogens is 1180 g/mol. The van der Waals surface area contributed by atoms with Crippen molar-refractivity contribution in [2.45, 2.75) is 126 Å². The third-order valence-electron chi connectivity index (χ3n) is 14.1. The summed E-state index contributed by atoms with van der Waals surface area (Å²) in [7, 11) is 0. The maximum atomic E-state index is 14.1. The maximum absolute atomic E-state index is 14.1. The van der Waals surface area contributed by atoms with Gasteiger partial charge in [-0.25, -0.2) is 19.7 Å². The van der Waals surface area contributed by atoms with E-state index in [1.54, 1.807) is 54.6 Å². The molecule has 3 aliphatic rings. The quantitative estimate of drug-likeness (QED) is 0.0124. The Labute approximate surface area is 517 Å². The molecule has 1 aliphatic heterocycles. The largest absolute Gasteiger partial charge is 0.465 e. The molecule has 0 saturated heterocycles. The molecule has 0 amide bonds. The Morgan fingerprint density at radius 1 is 0.534 bits per heavy atom. The van der Waals surface area contributed by atoms with Gasteiger partial charge in [0, 0.05) is 30.6 Å². The maximum Gasteiger partial charge on any atom is 0.330 e. The number of nitrogens with zero attached hydrogens (tertiary/aromatic N) is 2. The second kappa shape index (κ2) is 34.0. The number of carbonyl (C=O) groups excluding carboxylic acids is 10. The number of hydrogen-bond acceptors (Lipinski definition) is 23. The van der Waals surface area contributed by atoms with E-state index in [0.29, 0.717) is 95.3 Å². The first kappa shape index (κ1) is 68.4. The standard InChI is InChI=1S/C64H68N2O20S2/c1-7-50(67)79-33-35-81-54(71)27-25-52(69)77-31-29-39-9-21-45(22-10-39)83-59(73)41-13-17-43(18-14-41)61(75)85-49-37-47(64(3,4)5)56(58-57(49)87-63(88-58)48(38-65)66-6)86-62(76)44-19-15-42(16-20-44)60(74)84-46-23-11-40(12-24-46)30-32-78-53(70)26-28-55(72)82-36-34-80-51(68)8-2/h7-12,21-24,37,41-44H,1-2,13-20,25-36H2,3-5H3/b63-48+. The summed E-state index contributed by atoms with van der Waals surface area (Å²) in [6.45, 7) is 19.5. The Morgan fingerprint density at radius 3 is 1.25 bits per heavy atom. The second-order valence-electron chi connectivity index (χ2n) is 21.4. The van der Waals surface area contributed by atoms with Crippen molar-refractivity contribution in [1.82, 2.24) is 0 Å². The first-order valence-electron chi connectivity index (χ1n) is 28.5. The van der Waals surface area contributed by atoms with Crippen LogP contribution < -0.4 is 18.9 Å². The number of thioether (sulfide) groups is 2. The average Bonchev–Trinajstić information content (AvgIpc) is 1.65. The van der Waals surface area contributed by atoms with Crippen LogP contribution >= 0.6 is 23.5 Å². The molecule has 0 unspecified atom stereocenters. The zero-order valence-electron chi connectivity index (χ0n) is 49.1. The van der Waals surface area contributed by atoms with Gasteiger partial charge < -0.3 is 47.4 Å². The van der Waals surface area contributed by atoms with Crippen molar-refractivity contribution in [2.24, 2.45) is 23.7 Å². The number of nitriles is 1. The zero-order chi connectivity index (χ0) is 63.8. The summed E-state index contributed by atoms with van der Waals surface area (Å²) in [6, 6.07) is 17.1. The van der Waals surface area contributed by atoms with Gasteiger partial charge in [0.1, 0.15) is 49.4 Å². The summed E-state index contributed by atoms with van der Waals surface area (Å²) in [5, 5.41) is 9.88. The summed E-state index contributed by atoms with van der Waals surface area (Å²) in [5.41, 5.74) is 1.29. The van der Waals surface area contributed by atoms with Gasteiger partial charge >= 0.3 is 59.7 Å². The summed E-state index contributed by atoms with van der Waals surface area (Å²) < 4.78 is 53.9. The van der Waals surface area contributed by atoms with Crippen LogP contribution in [0.1, 0.15) is 115 Å². The number of allylic oxidation sites excluding steroid dienone is 1. The minimum Gasteiger partial charge on any atom is -0.465 e. The van der Waals surface area contributed by atoms with Gasteiger partial charge in [0.15, 0.2) is 0 Å². The first-order valence-corrected chi connectivity index (χ1v) is 30.2. The van der Waals surface area contributed by atoms with Gasteiger partial charge in [0.25, 0.3) is 5.70 Å². The van der Waals surface area contributed by atoms with E-state index in [0.717, 1.165) is 46.8 Å². The molecule has 6 rings (SSSR count). The highest BCUT2D eigenvalue weighted by molar-refractivity contribution is 8.24. The first-order chi connectivity index (χ1) is 42.2. The van der Waals surface area contributed by atoms with Crippen LogP contribution in [0.3, 0.4) is 0 Å². The molecule has 466 valence electrons. The normalized spacial score (nSPS) is 17.3. The van der Waals surface area contributed by atoms with Crippen molar-refractivity contribution in [3.05, 3.63) is 118 Å². The third-order valence-corrected chi connectivity index (χ3v) is 16.7. The molecule has 0 spiro atoms. The molecule has 0 atom stereocenters. The number of carbonyl (C=O) groups is 10. The monoisotopic (exact) mass is 1250 g/mol. The fraction of sp³-hybridized carbons (Fsp3) is 0.438. The van der Waals surface area contributed by atoms with Crippen molar-refractivity contribution >= 4 is 83.2 Å². The van der Waals surface area contributed by atoms with Crippen molar-refractivity contribution in [1.29, 1.82) is 5.26 Å². The van der Waals surface area contributed by atoms with Gasteiger partial charge in [-0.1, -0.05) is 81.7 Å². The lowest BCUT2D eigenvalue weighted by atomic mass is 9.82. The molecule has 0 radical (unpaired) electrons. The SMILES string of the molecule is [C-]#[N+]/C(C#N)=C1\Sc2c(OC(=O)C3CCC(C(=O)Oc4ccc(CCOC(=O)CCC(=O)OCCOC(=O)C=C)cc4)CC3)cc(C(C)(C)C)c(OC(=O)C3CCC(C(=O)Oc4ccc(CCOC(=O)CCC(=O)OCCOC(=O)C=C)cc4)CC3)c2S1. The van der Waals surface area contributed by atoms with Crippen LogP contribution in [0.15, 0.2) is 99.6 Å². The molecule has 2 aliphatic carbocycles. The minimum absolute atomic E-state index is 0.0498. The van der Waals surface area contributed by atoms with E-state index >= 15 is 0 Å². The fourth-order valence-corrected chi connectivity index (χ4v) is 11.8. The molecule has 3 aromatic carbocycles. The lowest BCUT2D eigenvalue weighted by Crippen LogP contribution is -2.31. The number of esters is 10. The average molecular weight is 1250 g/mol. The van der Waals surface area contributed by atoms with Gasteiger partial charge in [0.05, 0.1) is 89.2 Å². The molecule has 24 heteroatoms. The lowest BCUT2D eigenvalue weighted by Gasteiger charge is -2.29. The molecule has 3 aromatic rings. The zero-order valence-corrected chi connectivity index (χ0v) is 50.7. The lowest BCUT2D eigenvalue weighted by molar-refractivity contribution is -0.152. The van der Waals surface area contributed by atoms with Crippen LogP contribution in [0, 0.1) is 41.6 Å². The van der Waals surface area contributed by atoms with E-state index < -0.39 is 88.8 Å².